The zero-order valence-electron chi connectivity index (χ0n) is 8.00. The van der Waals surface area contributed by atoms with E-state index in [1.165, 1.54) is 6.07 Å². The fraction of sp³-hybridized carbons (Fsp3) is 0.300. The molecule has 5 heteroatoms. The Labute approximate surface area is 86.0 Å². The number of hydrogen-bond donors (Lipinski definition) is 1. The summed E-state index contributed by atoms with van der Waals surface area (Å²) in [6.07, 6.45) is 0.734. The second-order valence-corrected chi connectivity index (χ2v) is 2.80. The monoisotopic (exact) mass is 215 g/mol. The minimum Gasteiger partial charge on any atom is -0.492 e. The van der Waals surface area contributed by atoms with E-state index in [-0.39, 0.29) is 12.3 Å². The van der Waals surface area contributed by atoms with E-state index in [0.717, 1.165) is 18.4 Å². The van der Waals surface area contributed by atoms with Crippen LogP contribution in [0.5, 0.6) is 5.75 Å². The molecule has 0 bridgehead atoms. The molecule has 1 N–H and O–H groups in total. The summed E-state index contributed by atoms with van der Waals surface area (Å²) in [7, 11) is 0. The number of carbonyl (C=O) groups excluding carboxylic acids is 1. The van der Waals surface area contributed by atoms with Crippen LogP contribution in [0.3, 0.4) is 0 Å². The van der Waals surface area contributed by atoms with Crippen molar-refractivity contribution in [2.45, 2.75) is 0 Å². The molecule has 0 saturated carbocycles. The summed E-state index contributed by atoms with van der Waals surface area (Å²) >= 11 is 0. The van der Waals surface area contributed by atoms with Gasteiger partial charge in [-0.15, -0.1) is 0 Å². The minimum atomic E-state index is -0.937. The fourth-order valence-electron chi connectivity index (χ4n) is 0.969. The van der Waals surface area contributed by atoms with Crippen molar-refractivity contribution < 1.29 is 18.3 Å². The molecule has 0 amide bonds. The van der Waals surface area contributed by atoms with Gasteiger partial charge in [0.05, 0.1) is 6.54 Å². The second-order valence-electron chi connectivity index (χ2n) is 2.80. The van der Waals surface area contributed by atoms with Crippen LogP contribution in [0.25, 0.3) is 0 Å². The lowest BCUT2D eigenvalue weighted by Crippen LogP contribution is -2.22. The van der Waals surface area contributed by atoms with Crippen molar-refractivity contribution in [1.29, 1.82) is 0 Å². The first-order valence-corrected chi connectivity index (χ1v) is 4.46. The van der Waals surface area contributed by atoms with Crippen molar-refractivity contribution in [3.05, 3.63) is 29.8 Å². The van der Waals surface area contributed by atoms with Crippen molar-refractivity contribution in [2.24, 2.45) is 0 Å². The summed E-state index contributed by atoms with van der Waals surface area (Å²) in [6.45, 7) is 1.01. The van der Waals surface area contributed by atoms with E-state index in [9.17, 15) is 13.6 Å². The van der Waals surface area contributed by atoms with Gasteiger partial charge in [0.25, 0.3) is 0 Å². The van der Waals surface area contributed by atoms with E-state index in [0.29, 0.717) is 13.2 Å². The SMILES string of the molecule is O=CCNCCOc1ccc(F)c(F)c1. The van der Waals surface area contributed by atoms with E-state index in [2.05, 4.69) is 5.32 Å². The summed E-state index contributed by atoms with van der Waals surface area (Å²) in [6, 6.07) is 3.33. The molecule has 0 radical (unpaired) electrons. The summed E-state index contributed by atoms with van der Waals surface area (Å²) in [5.41, 5.74) is 0. The Morgan fingerprint density at radius 1 is 1.33 bits per heavy atom. The molecule has 0 fully saturated rings. The Morgan fingerprint density at radius 2 is 2.13 bits per heavy atom. The number of rotatable bonds is 6. The summed E-state index contributed by atoms with van der Waals surface area (Å²) in [5, 5.41) is 2.77. The number of nitrogens with one attached hydrogen (secondary N) is 1. The molecule has 0 aliphatic heterocycles. The fourth-order valence-corrected chi connectivity index (χ4v) is 0.969. The smallest absolute Gasteiger partial charge is 0.162 e. The largest absolute Gasteiger partial charge is 0.492 e. The van der Waals surface area contributed by atoms with Gasteiger partial charge < -0.3 is 14.8 Å². The van der Waals surface area contributed by atoms with Gasteiger partial charge in [0.2, 0.25) is 0 Å². The van der Waals surface area contributed by atoms with Crippen LogP contribution < -0.4 is 10.1 Å². The molecule has 15 heavy (non-hydrogen) atoms. The van der Waals surface area contributed by atoms with Gasteiger partial charge in [0.15, 0.2) is 11.6 Å². The van der Waals surface area contributed by atoms with Crippen LogP contribution in [0, 0.1) is 11.6 Å². The number of hydrogen-bond acceptors (Lipinski definition) is 3. The number of aldehydes is 1. The van der Waals surface area contributed by atoms with E-state index in [1.807, 2.05) is 0 Å². The molecule has 82 valence electrons. The maximum Gasteiger partial charge on any atom is 0.162 e. The summed E-state index contributed by atoms with van der Waals surface area (Å²) in [4.78, 5) is 9.93. The second kappa shape index (κ2) is 6.08. The van der Waals surface area contributed by atoms with Crippen LogP contribution in [0.2, 0.25) is 0 Å². The Bertz CT molecular complexity index is 331. The topological polar surface area (TPSA) is 38.3 Å². The molecule has 1 rings (SSSR count). The predicted molar refractivity (Wildman–Crippen MR) is 50.8 cm³/mol. The Hall–Kier alpha value is -1.49. The Kier molecular flexibility index (Phi) is 4.70. The maximum absolute atomic E-state index is 12.7. The molecule has 0 atom stereocenters. The third kappa shape index (κ3) is 4.03. The van der Waals surface area contributed by atoms with Crippen LogP contribution in [0.4, 0.5) is 8.78 Å². The van der Waals surface area contributed by atoms with E-state index in [1.54, 1.807) is 0 Å². The normalized spacial score (nSPS) is 10.0. The van der Waals surface area contributed by atoms with Crippen LogP contribution in [-0.4, -0.2) is 26.0 Å². The van der Waals surface area contributed by atoms with E-state index in [4.69, 9.17) is 4.74 Å². The van der Waals surface area contributed by atoms with Gasteiger partial charge in [-0.2, -0.15) is 0 Å². The number of halogens is 2. The molecule has 0 aliphatic carbocycles. The quantitative estimate of drug-likeness (QED) is 0.571. The highest BCUT2D eigenvalue weighted by Gasteiger charge is 2.02. The molecule has 0 spiro atoms. The number of carbonyl (C=O) groups is 1. The first-order valence-electron chi connectivity index (χ1n) is 4.46. The van der Waals surface area contributed by atoms with Crippen molar-refractivity contribution in [1.82, 2.24) is 5.32 Å². The lowest BCUT2D eigenvalue weighted by molar-refractivity contribution is -0.107. The van der Waals surface area contributed by atoms with Crippen LogP contribution >= 0.6 is 0 Å². The lowest BCUT2D eigenvalue weighted by atomic mass is 10.3. The van der Waals surface area contributed by atoms with Gasteiger partial charge in [-0.3, -0.25) is 0 Å². The molecule has 1 aromatic carbocycles. The van der Waals surface area contributed by atoms with Gasteiger partial charge >= 0.3 is 0 Å². The molecule has 0 heterocycles. The molecule has 0 aliphatic rings. The van der Waals surface area contributed by atoms with Gasteiger partial charge in [0.1, 0.15) is 18.6 Å². The molecular weight excluding hydrogens is 204 g/mol. The minimum absolute atomic E-state index is 0.251. The molecule has 1 aromatic rings. The molecule has 0 unspecified atom stereocenters. The van der Waals surface area contributed by atoms with Crippen molar-refractivity contribution in [2.75, 3.05) is 19.7 Å². The Balaban J connectivity index is 2.31. The van der Waals surface area contributed by atoms with E-state index < -0.39 is 11.6 Å². The lowest BCUT2D eigenvalue weighted by Gasteiger charge is -2.06. The van der Waals surface area contributed by atoms with Gasteiger partial charge in [-0.25, -0.2) is 8.78 Å². The summed E-state index contributed by atoms with van der Waals surface area (Å²) in [5.74, 6) is -1.57. The standard InChI is InChI=1S/C10H11F2NO2/c11-9-2-1-8(7-10(9)12)15-6-4-13-3-5-14/h1-2,5,7,13H,3-4,6H2. The van der Waals surface area contributed by atoms with Gasteiger partial charge in [-0.1, -0.05) is 0 Å². The highest BCUT2D eigenvalue weighted by atomic mass is 19.2. The van der Waals surface area contributed by atoms with Gasteiger partial charge in [0, 0.05) is 12.6 Å². The van der Waals surface area contributed by atoms with Crippen molar-refractivity contribution in [3.8, 4) is 5.75 Å². The molecule has 0 saturated heterocycles. The van der Waals surface area contributed by atoms with Crippen LogP contribution in [0.15, 0.2) is 18.2 Å². The first-order chi connectivity index (χ1) is 7.24. The number of benzene rings is 1. The van der Waals surface area contributed by atoms with Crippen molar-refractivity contribution >= 4 is 6.29 Å². The zero-order chi connectivity index (χ0) is 11.1. The molecular formula is C10H11F2NO2. The third-order valence-electron chi connectivity index (χ3n) is 1.67. The first kappa shape index (κ1) is 11.6. The zero-order valence-corrected chi connectivity index (χ0v) is 8.00. The highest BCUT2D eigenvalue weighted by Crippen LogP contribution is 2.14. The van der Waals surface area contributed by atoms with E-state index >= 15 is 0 Å². The maximum atomic E-state index is 12.7. The van der Waals surface area contributed by atoms with Gasteiger partial charge in [-0.05, 0) is 12.1 Å². The number of ether oxygens (including phenoxy) is 1. The predicted octanol–water partition coefficient (Wildman–Crippen LogP) is 1.13. The van der Waals surface area contributed by atoms with Crippen LogP contribution in [-0.2, 0) is 4.79 Å². The summed E-state index contributed by atoms with van der Waals surface area (Å²) < 4.78 is 30.3. The molecule has 3 nitrogen and oxygen atoms in total. The third-order valence-corrected chi connectivity index (χ3v) is 1.67. The Morgan fingerprint density at radius 3 is 2.80 bits per heavy atom. The average Bonchev–Trinajstić information content (AvgIpc) is 2.23. The average molecular weight is 215 g/mol. The highest BCUT2D eigenvalue weighted by molar-refractivity contribution is 5.51. The molecule has 0 aromatic heterocycles. The van der Waals surface area contributed by atoms with Crippen molar-refractivity contribution in [3.63, 3.8) is 0 Å². The van der Waals surface area contributed by atoms with Crippen LogP contribution in [0.1, 0.15) is 0 Å².